The molecule has 0 aliphatic carbocycles. The average molecular weight is 242 g/mol. The van der Waals surface area contributed by atoms with Gasteiger partial charge >= 0.3 is 0 Å². The Labute approximate surface area is 98.6 Å². The molecule has 1 nitrogen and oxygen atoms in total. The lowest BCUT2D eigenvalue weighted by molar-refractivity contribution is 0.279. The lowest BCUT2D eigenvalue weighted by Crippen LogP contribution is -2.40. The second kappa shape index (κ2) is 4.40. The van der Waals surface area contributed by atoms with Crippen molar-refractivity contribution in [3.05, 3.63) is 21.9 Å². The van der Waals surface area contributed by atoms with Gasteiger partial charge in [0.2, 0.25) is 0 Å². The van der Waals surface area contributed by atoms with Crippen LogP contribution in [0.1, 0.15) is 31.2 Å². The monoisotopic (exact) mass is 242 g/mol. The first kappa shape index (κ1) is 12.9. The van der Waals surface area contributed by atoms with Gasteiger partial charge in [-0.15, -0.1) is 11.3 Å². The van der Waals surface area contributed by atoms with Crippen LogP contribution in [0, 0.1) is 6.92 Å². The van der Waals surface area contributed by atoms with Crippen LogP contribution in [0.25, 0.3) is 0 Å². The van der Waals surface area contributed by atoms with E-state index >= 15 is 0 Å². The summed E-state index contributed by atoms with van der Waals surface area (Å²) < 4.78 is 6.14. The van der Waals surface area contributed by atoms with E-state index in [1.807, 2.05) is 0 Å². The predicted octanol–water partition coefficient (Wildman–Crippen LogP) is 4.58. The Morgan fingerprint density at radius 3 is 2.33 bits per heavy atom. The topological polar surface area (TPSA) is 9.23 Å². The maximum absolute atomic E-state index is 6.14. The molecular formula is C12H22OSSi. The summed E-state index contributed by atoms with van der Waals surface area (Å²) in [6.07, 6.45) is 0. The minimum Gasteiger partial charge on any atom is -0.412 e. The molecule has 0 spiro atoms. The molecule has 0 amide bonds. The third kappa shape index (κ3) is 3.43. The smallest absolute Gasteiger partial charge is 0.192 e. The fourth-order valence-corrected chi connectivity index (χ4v) is 2.87. The third-order valence-electron chi connectivity index (χ3n) is 3.17. The maximum Gasteiger partial charge on any atom is 0.192 e. The summed E-state index contributed by atoms with van der Waals surface area (Å²) in [7, 11) is -1.57. The SMILES string of the molecule is Cc1csc(CO[Si](C)(C)C(C)(C)C)c1. The second-order valence-electron chi connectivity index (χ2n) is 5.64. The van der Waals surface area contributed by atoms with E-state index in [0.717, 1.165) is 6.61 Å². The van der Waals surface area contributed by atoms with Gasteiger partial charge in [0.05, 0.1) is 6.61 Å². The van der Waals surface area contributed by atoms with Gasteiger partial charge < -0.3 is 4.43 Å². The van der Waals surface area contributed by atoms with Crippen molar-refractivity contribution in [2.75, 3.05) is 0 Å². The molecule has 0 bridgehead atoms. The van der Waals surface area contributed by atoms with Crippen LogP contribution in [0.4, 0.5) is 0 Å². The summed E-state index contributed by atoms with van der Waals surface area (Å²) in [6, 6.07) is 2.22. The van der Waals surface area contributed by atoms with Crippen LogP contribution in [-0.4, -0.2) is 8.32 Å². The van der Waals surface area contributed by atoms with Crippen molar-refractivity contribution in [3.8, 4) is 0 Å². The molecule has 0 unspecified atom stereocenters. The fourth-order valence-electron chi connectivity index (χ4n) is 1.03. The molecule has 86 valence electrons. The highest BCUT2D eigenvalue weighted by molar-refractivity contribution is 7.10. The number of aryl methyl sites for hydroxylation is 1. The van der Waals surface area contributed by atoms with Crippen LogP contribution in [0.3, 0.4) is 0 Å². The van der Waals surface area contributed by atoms with Crippen LogP contribution in [-0.2, 0) is 11.0 Å². The average Bonchev–Trinajstić information content (AvgIpc) is 2.46. The second-order valence-corrected chi connectivity index (χ2v) is 11.4. The lowest BCUT2D eigenvalue weighted by Gasteiger charge is -2.36. The highest BCUT2D eigenvalue weighted by atomic mass is 32.1. The van der Waals surface area contributed by atoms with Gasteiger partial charge in [0.25, 0.3) is 0 Å². The molecule has 0 fully saturated rings. The van der Waals surface area contributed by atoms with Gasteiger partial charge in [0, 0.05) is 4.88 Å². The first-order chi connectivity index (χ1) is 6.72. The summed E-state index contributed by atoms with van der Waals surface area (Å²) in [4.78, 5) is 1.34. The number of rotatable bonds is 3. The molecule has 1 heterocycles. The van der Waals surface area contributed by atoms with Crippen LogP contribution >= 0.6 is 11.3 Å². The highest BCUT2D eigenvalue weighted by Gasteiger charge is 2.37. The normalized spacial score (nSPS) is 13.2. The van der Waals surface area contributed by atoms with Gasteiger partial charge in [0.15, 0.2) is 8.32 Å². The zero-order chi connectivity index (χ0) is 11.7. The van der Waals surface area contributed by atoms with Crippen molar-refractivity contribution in [2.24, 2.45) is 0 Å². The summed E-state index contributed by atoms with van der Waals surface area (Å²) in [5, 5.41) is 2.49. The Morgan fingerprint density at radius 2 is 1.93 bits per heavy atom. The van der Waals surface area contributed by atoms with Crippen molar-refractivity contribution in [1.82, 2.24) is 0 Å². The number of hydrogen-bond donors (Lipinski definition) is 0. The Hall–Kier alpha value is -0.123. The number of thiophene rings is 1. The minimum atomic E-state index is -1.57. The van der Waals surface area contributed by atoms with E-state index in [2.05, 4.69) is 52.2 Å². The fraction of sp³-hybridized carbons (Fsp3) is 0.667. The van der Waals surface area contributed by atoms with Crippen LogP contribution in [0.2, 0.25) is 18.1 Å². The van der Waals surface area contributed by atoms with Crippen LogP contribution in [0.15, 0.2) is 11.4 Å². The van der Waals surface area contributed by atoms with E-state index in [1.54, 1.807) is 11.3 Å². The summed E-state index contributed by atoms with van der Waals surface area (Å²) >= 11 is 1.80. The molecule has 0 aromatic carbocycles. The van der Waals surface area contributed by atoms with Crippen molar-refractivity contribution < 1.29 is 4.43 Å². The van der Waals surface area contributed by atoms with Crippen molar-refractivity contribution in [2.45, 2.75) is 52.4 Å². The third-order valence-corrected chi connectivity index (χ3v) is 8.67. The standard InChI is InChI=1S/C12H22OSSi/c1-10-7-11(14-9-10)8-13-15(5,6)12(2,3)4/h7,9H,8H2,1-6H3. The first-order valence-electron chi connectivity index (χ1n) is 5.40. The van der Waals surface area contributed by atoms with Gasteiger partial charge in [-0.05, 0) is 42.1 Å². The molecule has 1 aromatic heterocycles. The number of hydrogen-bond acceptors (Lipinski definition) is 2. The quantitative estimate of drug-likeness (QED) is 0.705. The Balaban J connectivity index is 2.57. The Kier molecular flexibility index (Phi) is 3.79. The summed E-state index contributed by atoms with van der Waals surface area (Å²) in [5.74, 6) is 0. The van der Waals surface area contributed by atoms with Crippen LogP contribution in [0.5, 0.6) is 0 Å². The van der Waals surface area contributed by atoms with Gasteiger partial charge in [-0.2, -0.15) is 0 Å². The summed E-state index contributed by atoms with van der Waals surface area (Å²) in [5.41, 5.74) is 1.34. The molecule has 1 aromatic rings. The summed E-state index contributed by atoms with van der Waals surface area (Å²) in [6.45, 7) is 14.3. The van der Waals surface area contributed by atoms with Crippen molar-refractivity contribution in [1.29, 1.82) is 0 Å². The molecular weight excluding hydrogens is 220 g/mol. The largest absolute Gasteiger partial charge is 0.412 e. The zero-order valence-corrected chi connectivity index (χ0v) is 12.5. The lowest BCUT2D eigenvalue weighted by atomic mass is 10.2. The Bertz CT molecular complexity index is 323. The van der Waals surface area contributed by atoms with Gasteiger partial charge in [-0.25, -0.2) is 0 Å². The molecule has 0 aliphatic heterocycles. The van der Waals surface area contributed by atoms with Crippen molar-refractivity contribution >= 4 is 19.7 Å². The molecule has 0 aliphatic rings. The molecule has 3 heteroatoms. The molecule has 15 heavy (non-hydrogen) atoms. The first-order valence-corrected chi connectivity index (χ1v) is 9.19. The molecule has 0 saturated carbocycles. The Morgan fingerprint density at radius 1 is 1.33 bits per heavy atom. The molecule has 0 N–H and O–H groups in total. The predicted molar refractivity (Wildman–Crippen MR) is 71.0 cm³/mol. The highest BCUT2D eigenvalue weighted by Crippen LogP contribution is 2.37. The van der Waals surface area contributed by atoms with E-state index in [0.29, 0.717) is 5.04 Å². The van der Waals surface area contributed by atoms with E-state index in [-0.39, 0.29) is 0 Å². The minimum absolute atomic E-state index is 0.305. The van der Waals surface area contributed by atoms with Crippen molar-refractivity contribution in [3.63, 3.8) is 0 Å². The van der Waals surface area contributed by atoms with Crippen LogP contribution < -0.4 is 0 Å². The molecule has 1 rings (SSSR count). The maximum atomic E-state index is 6.14. The van der Waals surface area contributed by atoms with E-state index in [1.165, 1.54) is 10.4 Å². The zero-order valence-electron chi connectivity index (χ0n) is 10.7. The van der Waals surface area contributed by atoms with E-state index in [4.69, 9.17) is 4.43 Å². The molecule has 0 saturated heterocycles. The van der Waals surface area contributed by atoms with E-state index < -0.39 is 8.32 Å². The van der Waals surface area contributed by atoms with Gasteiger partial charge in [-0.3, -0.25) is 0 Å². The molecule has 0 atom stereocenters. The van der Waals surface area contributed by atoms with Gasteiger partial charge in [0.1, 0.15) is 0 Å². The van der Waals surface area contributed by atoms with Gasteiger partial charge in [-0.1, -0.05) is 20.8 Å². The van der Waals surface area contributed by atoms with E-state index in [9.17, 15) is 0 Å². The molecule has 0 radical (unpaired) electrons.